The summed E-state index contributed by atoms with van der Waals surface area (Å²) < 4.78 is 27.1. The molecule has 1 N–H and O–H groups in total. The summed E-state index contributed by atoms with van der Waals surface area (Å²) in [6, 6.07) is 8.19. The van der Waals surface area contributed by atoms with E-state index < -0.39 is 10.0 Å². The van der Waals surface area contributed by atoms with Crippen LogP contribution in [-0.4, -0.2) is 37.3 Å². The first kappa shape index (κ1) is 18.8. The highest BCUT2D eigenvalue weighted by atomic mass is 32.2. The molecule has 1 fully saturated rings. The van der Waals surface area contributed by atoms with Crippen LogP contribution in [0, 0.1) is 5.92 Å². The predicted octanol–water partition coefficient (Wildman–Crippen LogP) is 3.14. The van der Waals surface area contributed by atoms with Crippen LogP contribution in [0.25, 0.3) is 0 Å². The van der Waals surface area contributed by atoms with Crippen LogP contribution in [0.2, 0.25) is 0 Å². The van der Waals surface area contributed by atoms with Crippen LogP contribution in [-0.2, 0) is 21.2 Å². The van der Waals surface area contributed by atoms with Gasteiger partial charge in [0.2, 0.25) is 5.91 Å². The normalized spacial score (nSPS) is 15.8. The predicted molar refractivity (Wildman–Crippen MR) is 103 cm³/mol. The number of anilines is 1. The van der Waals surface area contributed by atoms with Gasteiger partial charge in [0.1, 0.15) is 0 Å². The monoisotopic (exact) mass is 393 g/mol. The Labute approximate surface area is 158 Å². The SMILES string of the molecule is CC1CCN(C(=O)CCc2csc(NS(=O)(=O)c3ccccc3)n2)CC1. The number of benzene rings is 1. The molecule has 0 spiro atoms. The van der Waals surface area contributed by atoms with E-state index in [1.807, 2.05) is 4.90 Å². The number of nitrogens with one attached hydrogen (secondary N) is 1. The number of hydrogen-bond donors (Lipinski definition) is 1. The largest absolute Gasteiger partial charge is 0.343 e. The van der Waals surface area contributed by atoms with Crippen molar-refractivity contribution in [3.63, 3.8) is 0 Å². The van der Waals surface area contributed by atoms with Gasteiger partial charge in [0, 0.05) is 24.9 Å². The lowest BCUT2D eigenvalue weighted by Gasteiger charge is -2.30. The summed E-state index contributed by atoms with van der Waals surface area (Å²) in [6.07, 6.45) is 3.05. The summed E-state index contributed by atoms with van der Waals surface area (Å²) in [5, 5.41) is 2.12. The van der Waals surface area contributed by atoms with E-state index >= 15 is 0 Å². The van der Waals surface area contributed by atoms with E-state index in [1.54, 1.807) is 23.6 Å². The number of piperidine rings is 1. The Morgan fingerprint density at radius 3 is 2.65 bits per heavy atom. The maximum Gasteiger partial charge on any atom is 0.263 e. The van der Waals surface area contributed by atoms with Gasteiger partial charge in [-0.15, -0.1) is 11.3 Å². The van der Waals surface area contributed by atoms with Crippen molar-refractivity contribution in [1.29, 1.82) is 0 Å². The Morgan fingerprint density at radius 1 is 1.27 bits per heavy atom. The molecular formula is C18H23N3O3S2. The number of carbonyl (C=O) groups excluding carboxylic acids is 1. The van der Waals surface area contributed by atoms with Crippen LogP contribution >= 0.6 is 11.3 Å². The zero-order chi connectivity index (χ0) is 18.6. The number of amides is 1. The Morgan fingerprint density at radius 2 is 1.96 bits per heavy atom. The van der Waals surface area contributed by atoms with E-state index in [9.17, 15) is 13.2 Å². The van der Waals surface area contributed by atoms with E-state index in [2.05, 4.69) is 16.6 Å². The minimum absolute atomic E-state index is 0.149. The molecule has 0 radical (unpaired) electrons. The van der Waals surface area contributed by atoms with Gasteiger partial charge in [-0.3, -0.25) is 9.52 Å². The van der Waals surface area contributed by atoms with Crippen molar-refractivity contribution in [2.24, 2.45) is 5.92 Å². The van der Waals surface area contributed by atoms with Gasteiger partial charge in [0.15, 0.2) is 5.13 Å². The molecule has 0 saturated carbocycles. The first-order valence-electron chi connectivity index (χ1n) is 8.74. The first-order valence-corrected chi connectivity index (χ1v) is 11.1. The topological polar surface area (TPSA) is 79.4 Å². The number of likely N-dealkylation sites (tertiary alicyclic amines) is 1. The molecule has 0 bridgehead atoms. The molecule has 3 rings (SSSR count). The summed E-state index contributed by atoms with van der Waals surface area (Å²) in [4.78, 5) is 18.7. The lowest BCUT2D eigenvalue weighted by molar-refractivity contribution is -0.132. The smallest absolute Gasteiger partial charge is 0.263 e. The summed E-state index contributed by atoms with van der Waals surface area (Å²) in [7, 11) is -3.63. The summed E-state index contributed by atoms with van der Waals surface area (Å²) in [6.45, 7) is 3.88. The van der Waals surface area contributed by atoms with Gasteiger partial charge in [0.05, 0.1) is 10.6 Å². The first-order chi connectivity index (χ1) is 12.4. The molecule has 0 unspecified atom stereocenters. The van der Waals surface area contributed by atoms with Crippen molar-refractivity contribution in [3.05, 3.63) is 41.4 Å². The molecule has 26 heavy (non-hydrogen) atoms. The fourth-order valence-corrected chi connectivity index (χ4v) is 4.91. The van der Waals surface area contributed by atoms with Gasteiger partial charge in [0.25, 0.3) is 10.0 Å². The lowest BCUT2D eigenvalue weighted by atomic mass is 9.99. The standard InChI is InChI=1S/C18H23N3O3S2/c1-14-9-11-21(12-10-14)17(22)8-7-15-13-25-18(19-15)20-26(23,24)16-5-3-2-4-6-16/h2-6,13-14H,7-12H2,1H3,(H,19,20). The van der Waals surface area contributed by atoms with Gasteiger partial charge in [-0.05, 0) is 37.3 Å². The number of sulfonamides is 1. The Balaban J connectivity index is 1.54. The second-order valence-corrected chi connectivity index (χ2v) is 9.17. The highest BCUT2D eigenvalue weighted by Crippen LogP contribution is 2.22. The number of thiazole rings is 1. The number of aryl methyl sites for hydroxylation is 1. The van der Waals surface area contributed by atoms with Crippen LogP contribution in [0.3, 0.4) is 0 Å². The van der Waals surface area contributed by atoms with E-state index in [-0.39, 0.29) is 10.8 Å². The number of carbonyl (C=O) groups is 1. The molecule has 1 aromatic heterocycles. The molecule has 2 aromatic rings. The van der Waals surface area contributed by atoms with Gasteiger partial charge < -0.3 is 4.90 Å². The van der Waals surface area contributed by atoms with Gasteiger partial charge >= 0.3 is 0 Å². The van der Waals surface area contributed by atoms with Crippen molar-refractivity contribution >= 4 is 32.4 Å². The Kier molecular flexibility index (Phi) is 5.93. The summed E-state index contributed by atoms with van der Waals surface area (Å²) in [5.41, 5.74) is 0.736. The molecule has 2 heterocycles. The van der Waals surface area contributed by atoms with Crippen molar-refractivity contribution in [2.45, 2.75) is 37.5 Å². The molecule has 1 saturated heterocycles. The van der Waals surface area contributed by atoms with E-state index in [1.165, 1.54) is 23.5 Å². The fourth-order valence-electron chi connectivity index (χ4n) is 2.89. The molecular weight excluding hydrogens is 370 g/mol. The minimum atomic E-state index is -3.63. The molecule has 1 aliphatic heterocycles. The lowest BCUT2D eigenvalue weighted by Crippen LogP contribution is -2.38. The van der Waals surface area contributed by atoms with Crippen molar-refractivity contribution in [3.8, 4) is 0 Å². The van der Waals surface area contributed by atoms with Crippen LogP contribution in [0.15, 0.2) is 40.6 Å². The summed E-state index contributed by atoms with van der Waals surface area (Å²) in [5.74, 6) is 0.842. The van der Waals surface area contributed by atoms with Crippen LogP contribution in [0.1, 0.15) is 31.9 Å². The third-order valence-electron chi connectivity index (χ3n) is 4.56. The molecule has 1 aromatic carbocycles. The van der Waals surface area contributed by atoms with Crippen LogP contribution < -0.4 is 4.72 Å². The highest BCUT2D eigenvalue weighted by molar-refractivity contribution is 7.93. The minimum Gasteiger partial charge on any atom is -0.343 e. The van der Waals surface area contributed by atoms with Crippen LogP contribution in [0.4, 0.5) is 5.13 Å². The second kappa shape index (κ2) is 8.18. The molecule has 1 aliphatic rings. The molecule has 140 valence electrons. The number of nitrogens with zero attached hydrogens (tertiary/aromatic N) is 2. The number of hydrogen-bond acceptors (Lipinski definition) is 5. The van der Waals surface area contributed by atoms with Gasteiger partial charge in [-0.1, -0.05) is 25.1 Å². The van der Waals surface area contributed by atoms with Gasteiger partial charge in [-0.25, -0.2) is 13.4 Å². The molecule has 1 amide bonds. The summed E-state index contributed by atoms with van der Waals surface area (Å²) >= 11 is 1.23. The number of rotatable bonds is 6. The maximum atomic E-state index is 12.3. The van der Waals surface area contributed by atoms with E-state index in [0.29, 0.717) is 23.9 Å². The molecule has 0 atom stereocenters. The van der Waals surface area contributed by atoms with Crippen LogP contribution in [0.5, 0.6) is 0 Å². The van der Waals surface area contributed by atoms with Crippen molar-refractivity contribution < 1.29 is 13.2 Å². The molecule has 8 heteroatoms. The highest BCUT2D eigenvalue weighted by Gasteiger charge is 2.20. The Hall–Kier alpha value is -1.93. The van der Waals surface area contributed by atoms with Crippen molar-refractivity contribution in [2.75, 3.05) is 17.8 Å². The average molecular weight is 394 g/mol. The van der Waals surface area contributed by atoms with Crippen molar-refractivity contribution in [1.82, 2.24) is 9.88 Å². The Bertz CT molecular complexity index is 842. The average Bonchev–Trinajstić information content (AvgIpc) is 3.08. The fraction of sp³-hybridized carbons (Fsp3) is 0.444. The maximum absolute atomic E-state index is 12.3. The van der Waals surface area contributed by atoms with E-state index in [0.717, 1.165) is 31.6 Å². The quantitative estimate of drug-likeness (QED) is 0.818. The van der Waals surface area contributed by atoms with Gasteiger partial charge in [-0.2, -0.15) is 0 Å². The second-order valence-electron chi connectivity index (χ2n) is 6.63. The number of aromatic nitrogens is 1. The zero-order valence-corrected chi connectivity index (χ0v) is 16.4. The zero-order valence-electron chi connectivity index (χ0n) is 14.7. The molecule has 6 nitrogen and oxygen atoms in total. The molecule has 0 aliphatic carbocycles. The third-order valence-corrected chi connectivity index (χ3v) is 6.85. The van der Waals surface area contributed by atoms with E-state index in [4.69, 9.17) is 0 Å². The third kappa shape index (κ3) is 4.82.